The molecule has 0 N–H and O–H groups in total. The number of anilines is 1. The smallest absolute Gasteiger partial charge is 0.0626 e. The van der Waals surface area contributed by atoms with E-state index in [0.717, 1.165) is 31.1 Å². The summed E-state index contributed by atoms with van der Waals surface area (Å²) in [6, 6.07) is 15.5. The zero-order chi connectivity index (χ0) is 14.4. The highest BCUT2D eigenvalue weighted by Gasteiger charge is 2.32. The number of rotatable bonds is 0. The van der Waals surface area contributed by atoms with Crippen molar-refractivity contribution in [2.45, 2.75) is 12.5 Å². The lowest BCUT2D eigenvalue weighted by Crippen LogP contribution is -2.37. The second-order valence-corrected chi connectivity index (χ2v) is 6.45. The van der Waals surface area contributed by atoms with Gasteiger partial charge >= 0.3 is 0 Å². The van der Waals surface area contributed by atoms with Gasteiger partial charge in [0.05, 0.1) is 6.04 Å². The fraction of sp³-hybridized carbons (Fsp3) is 0.333. The summed E-state index contributed by atoms with van der Waals surface area (Å²) in [4.78, 5) is 4.95. The van der Waals surface area contributed by atoms with E-state index < -0.39 is 0 Å². The Kier molecular flexibility index (Phi) is 3.16. The van der Waals surface area contributed by atoms with Crippen molar-refractivity contribution in [3.05, 3.63) is 64.2 Å². The van der Waals surface area contributed by atoms with Crippen molar-refractivity contribution in [3.8, 4) is 0 Å². The number of nitrogens with zero attached hydrogens (tertiary/aromatic N) is 2. The number of benzene rings is 2. The van der Waals surface area contributed by atoms with Gasteiger partial charge in [0.15, 0.2) is 0 Å². The van der Waals surface area contributed by atoms with Crippen LogP contribution in [0.15, 0.2) is 42.5 Å². The van der Waals surface area contributed by atoms with E-state index in [1.807, 2.05) is 6.07 Å². The molecule has 0 aliphatic carbocycles. The number of halogens is 1. The second kappa shape index (κ2) is 5.04. The van der Waals surface area contributed by atoms with Crippen LogP contribution >= 0.6 is 11.6 Å². The molecule has 0 spiro atoms. The summed E-state index contributed by atoms with van der Waals surface area (Å²) in [5.74, 6) is 0. The highest BCUT2D eigenvalue weighted by molar-refractivity contribution is 6.30. The molecule has 2 nitrogen and oxygen atoms in total. The molecule has 0 bridgehead atoms. The van der Waals surface area contributed by atoms with Gasteiger partial charge < -0.3 is 4.90 Å². The largest absolute Gasteiger partial charge is 0.373 e. The van der Waals surface area contributed by atoms with Gasteiger partial charge in [0.2, 0.25) is 0 Å². The van der Waals surface area contributed by atoms with E-state index in [-0.39, 0.29) is 0 Å². The molecule has 0 unspecified atom stereocenters. The molecule has 0 amide bonds. The normalized spacial score (nSPS) is 21.2. The molecule has 4 rings (SSSR count). The Balaban J connectivity index is 1.94. The third-order valence-electron chi connectivity index (χ3n) is 4.80. The molecule has 0 aromatic heterocycles. The predicted octanol–water partition coefficient (Wildman–Crippen LogP) is 3.74. The number of likely N-dealkylation sites (N-methyl/N-ethyl adjacent to an activating group) is 1. The monoisotopic (exact) mass is 298 g/mol. The van der Waals surface area contributed by atoms with Crippen LogP contribution in [0.25, 0.3) is 0 Å². The lowest BCUT2D eigenvalue weighted by Gasteiger charge is -2.36. The quantitative estimate of drug-likeness (QED) is 0.731. The Morgan fingerprint density at radius 1 is 1.00 bits per heavy atom. The highest BCUT2D eigenvalue weighted by atomic mass is 35.5. The van der Waals surface area contributed by atoms with Crippen molar-refractivity contribution in [3.63, 3.8) is 0 Å². The molecule has 2 aliphatic heterocycles. The second-order valence-electron chi connectivity index (χ2n) is 6.01. The lowest BCUT2D eigenvalue weighted by molar-refractivity contribution is 0.224. The van der Waals surface area contributed by atoms with E-state index in [4.69, 9.17) is 11.6 Å². The molecule has 2 aromatic rings. The fourth-order valence-corrected chi connectivity index (χ4v) is 3.90. The maximum Gasteiger partial charge on any atom is 0.0626 e. The first-order valence-electron chi connectivity index (χ1n) is 7.56. The number of hydrogen-bond donors (Lipinski definition) is 0. The van der Waals surface area contributed by atoms with Crippen molar-refractivity contribution >= 4 is 17.3 Å². The predicted molar refractivity (Wildman–Crippen MR) is 88.3 cm³/mol. The van der Waals surface area contributed by atoms with Gasteiger partial charge in [-0.2, -0.15) is 0 Å². The van der Waals surface area contributed by atoms with Crippen LogP contribution in [0.5, 0.6) is 0 Å². The average molecular weight is 299 g/mol. The van der Waals surface area contributed by atoms with Gasteiger partial charge in [0, 0.05) is 37.4 Å². The Labute approximate surface area is 130 Å². The van der Waals surface area contributed by atoms with Crippen LogP contribution in [0.4, 0.5) is 5.69 Å². The molecule has 0 saturated heterocycles. The molecule has 0 saturated carbocycles. The van der Waals surface area contributed by atoms with Crippen LogP contribution in [-0.4, -0.2) is 31.6 Å². The van der Waals surface area contributed by atoms with Crippen molar-refractivity contribution in [1.82, 2.24) is 4.90 Å². The lowest BCUT2D eigenvalue weighted by atomic mass is 9.88. The van der Waals surface area contributed by atoms with Crippen molar-refractivity contribution in [1.29, 1.82) is 0 Å². The van der Waals surface area contributed by atoms with Crippen LogP contribution < -0.4 is 4.90 Å². The number of fused-ring (bicyclic) bond motifs is 5. The Bertz CT molecular complexity index is 683. The molecule has 3 heteroatoms. The minimum Gasteiger partial charge on any atom is -0.373 e. The van der Waals surface area contributed by atoms with Crippen LogP contribution in [0.1, 0.15) is 22.7 Å². The van der Waals surface area contributed by atoms with Crippen LogP contribution in [-0.2, 0) is 6.42 Å². The van der Waals surface area contributed by atoms with Gasteiger partial charge in [-0.15, -0.1) is 0 Å². The van der Waals surface area contributed by atoms with Gasteiger partial charge in [-0.05, 0) is 41.3 Å². The minimum absolute atomic E-state index is 0.341. The van der Waals surface area contributed by atoms with Gasteiger partial charge in [-0.3, -0.25) is 4.90 Å². The van der Waals surface area contributed by atoms with Gasteiger partial charge in [-0.1, -0.05) is 35.9 Å². The molecular weight excluding hydrogens is 280 g/mol. The van der Waals surface area contributed by atoms with Crippen LogP contribution in [0, 0.1) is 0 Å². The first kappa shape index (κ1) is 13.2. The molecular formula is C18H19ClN2. The molecule has 0 fully saturated rings. The summed E-state index contributed by atoms with van der Waals surface area (Å²) in [5.41, 5.74) is 5.58. The number of hydrogen-bond acceptors (Lipinski definition) is 2. The third kappa shape index (κ3) is 2.14. The molecule has 0 radical (unpaired) electrons. The van der Waals surface area contributed by atoms with Gasteiger partial charge in [-0.25, -0.2) is 0 Å². The van der Waals surface area contributed by atoms with Crippen molar-refractivity contribution in [2.24, 2.45) is 0 Å². The summed E-state index contributed by atoms with van der Waals surface area (Å²) in [5, 5.41) is 0.826. The summed E-state index contributed by atoms with van der Waals surface area (Å²) in [6.45, 7) is 3.29. The summed E-state index contributed by atoms with van der Waals surface area (Å²) < 4.78 is 0. The van der Waals surface area contributed by atoms with Crippen molar-refractivity contribution in [2.75, 3.05) is 31.6 Å². The molecule has 108 valence electrons. The van der Waals surface area contributed by atoms with Gasteiger partial charge in [0.25, 0.3) is 0 Å². The van der Waals surface area contributed by atoms with E-state index in [0.29, 0.717) is 6.04 Å². The van der Waals surface area contributed by atoms with Crippen LogP contribution in [0.2, 0.25) is 5.02 Å². The van der Waals surface area contributed by atoms with E-state index in [2.05, 4.69) is 53.2 Å². The zero-order valence-electron chi connectivity index (χ0n) is 12.2. The van der Waals surface area contributed by atoms with E-state index in [1.54, 1.807) is 0 Å². The Morgan fingerprint density at radius 3 is 2.76 bits per heavy atom. The minimum atomic E-state index is 0.341. The topological polar surface area (TPSA) is 6.48 Å². The molecule has 1 atom stereocenters. The Hall–Kier alpha value is -1.51. The maximum atomic E-state index is 6.30. The van der Waals surface area contributed by atoms with Crippen LogP contribution in [0.3, 0.4) is 0 Å². The van der Waals surface area contributed by atoms with E-state index >= 15 is 0 Å². The van der Waals surface area contributed by atoms with Crippen molar-refractivity contribution < 1.29 is 0 Å². The Morgan fingerprint density at radius 2 is 1.86 bits per heavy atom. The molecule has 2 aliphatic rings. The summed E-state index contributed by atoms with van der Waals surface area (Å²) >= 11 is 6.30. The highest BCUT2D eigenvalue weighted by Crippen LogP contribution is 2.41. The standard InChI is InChI=1S/C18H19ClN2/c1-20-10-11-21-9-8-13-4-2-3-5-15(13)18(21)16-12-14(19)6-7-17(16)20/h2-7,12,18H,8-11H2,1H3/t18-/m1/s1. The average Bonchev–Trinajstić information content (AvgIpc) is 2.64. The molecule has 21 heavy (non-hydrogen) atoms. The summed E-state index contributed by atoms with van der Waals surface area (Å²) in [7, 11) is 2.18. The first-order valence-corrected chi connectivity index (χ1v) is 7.94. The SMILES string of the molecule is CN1CCN2CCc3ccccc3[C@@H]2c2cc(Cl)ccc21. The molecule has 2 aromatic carbocycles. The fourth-order valence-electron chi connectivity index (χ4n) is 3.71. The van der Waals surface area contributed by atoms with Gasteiger partial charge in [0.1, 0.15) is 0 Å². The summed E-state index contributed by atoms with van der Waals surface area (Å²) in [6.07, 6.45) is 1.15. The van der Waals surface area contributed by atoms with E-state index in [9.17, 15) is 0 Å². The first-order chi connectivity index (χ1) is 10.2. The van der Waals surface area contributed by atoms with E-state index in [1.165, 1.54) is 22.4 Å². The zero-order valence-corrected chi connectivity index (χ0v) is 13.0. The molecule has 2 heterocycles. The maximum absolute atomic E-state index is 6.30. The third-order valence-corrected chi connectivity index (χ3v) is 5.04.